The van der Waals surface area contributed by atoms with E-state index in [0.29, 0.717) is 5.69 Å². The lowest BCUT2D eigenvalue weighted by atomic mass is 9.38. The summed E-state index contributed by atoms with van der Waals surface area (Å²) < 4.78 is 10.8. The molecule has 3 aliphatic heterocycles. The summed E-state index contributed by atoms with van der Waals surface area (Å²) >= 11 is 0. The van der Waals surface area contributed by atoms with Crippen LogP contribution in [-0.4, -0.2) is 25.1 Å². The second-order valence-electron chi connectivity index (χ2n) is 8.81. The van der Waals surface area contributed by atoms with Crippen molar-refractivity contribution in [2.24, 2.45) is 11.3 Å². The molecular formula is C20H21N3O3. The van der Waals surface area contributed by atoms with Crippen LogP contribution in [0.25, 0.3) is 5.69 Å². The van der Waals surface area contributed by atoms with Gasteiger partial charge in [0.05, 0.1) is 17.3 Å². The average Bonchev–Trinajstić information content (AvgIpc) is 2.98. The highest BCUT2D eigenvalue weighted by molar-refractivity contribution is 5.46. The lowest BCUT2D eigenvalue weighted by molar-refractivity contribution is -0.148. The topological polar surface area (TPSA) is 61.5 Å². The summed E-state index contributed by atoms with van der Waals surface area (Å²) in [5, 5.41) is 0. The molecule has 0 N–H and O–H groups in total. The number of ether oxygens (including phenoxy) is 1. The van der Waals surface area contributed by atoms with Gasteiger partial charge >= 0.3 is 11.4 Å². The molecule has 1 aromatic heterocycles. The number of para-hydroxylation sites is 1. The maximum atomic E-state index is 13.4. The Labute approximate surface area is 150 Å². The van der Waals surface area contributed by atoms with Gasteiger partial charge in [0.2, 0.25) is 0 Å². The van der Waals surface area contributed by atoms with Crippen LogP contribution < -0.4 is 11.4 Å². The molecule has 5 aliphatic rings. The summed E-state index contributed by atoms with van der Waals surface area (Å²) in [7, 11) is 0. The number of nitrogens with zero attached hydrogens (tertiary/aromatic N) is 3. The highest BCUT2D eigenvalue weighted by Crippen LogP contribution is 2.84. The van der Waals surface area contributed by atoms with E-state index in [2.05, 4.69) is 39.8 Å². The zero-order valence-electron chi connectivity index (χ0n) is 15.3. The molecule has 26 heavy (non-hydrogen) atoms. The fraction of sp³-hybridized carbons (Fsp3) is 0.500. The van der Waals surface area contributed by atoms with Crippen molar-refractivity contribution < 1.29 is 4.74 Å². The lowest BCUT2D eigenvalue weighted by Crippen LogP contribution is -2.77. The van der Waals surface area contributed by atoms with E-state index < -0.39 is 5.54 Å². The molecule has 0 unspecified atom stereocenters. The van der Waals surface area contributed by atoms with Gasteiger partial charge in [0.25, 0.3) is 0 Å². The van der Waals surface area contributed by atoms with Crippen LogP contribution in [0, 0.1) is 11.3 Å². The van der Waals surface area contributed by atoms with Crippen molar-refractivity contribution in [3.05, 3.63) is 63.5 Å². The predicted molar refractivity (Wildman–Crippen MR) is 95.6 cm³/mol. The number of allylic oxidation sites excluding steroid dienone is 2. The Hall–Kier alpha value is -2.34. The molecule has 1 saturated heterocycles. The minimum Gasteiger partial charge on any atom is -0.362 e. The Morgan fingerprint density at radius 2 is 1.69 bits per heavy atom. The van der Waals surface area contributed by atoms with Crippen molar-refractivity contribution in [3.8, 4) is 5.69 Å². The largest absolute Gasteiger partial charge is 0.362 e. The van der Waals surface area contributed by atoms with Crippen LogP contribution in [0.4, 0.5) is 0 Å². The van der Waals surface area contributed by atoms with E-state index in [1.165, 1.54) is 4.57 Å². The van der Waals surface area contributed by atoms with Crippen LogP contribution in [0.3, 0.4) is 0 Å². The summed E-state index contributed by atoms with van der Waals surface area (Å²) in [5.41, 5.74) is -1.28. The van der Waals surface area contributed by atoms with E-state index >= 15 is 0 Å². The van der Waals surface area contributed by atoms with Gasteiger partial charge in [-0.25, -0.2) is 23.5 Å². The molecule has 0 amide bonds. The number of benzene rings is 1. The van der Waals surface area contributed by atoms with Crippen LogP contribution in [0.2, 0.25) is 0 Å². The van der Waals surface area contributed by atoms with E-state index in [-0.39, 0.29) is 40.0 Å². The Bertz CT molecular complexity index is 1140. The quantitative estimate of drug-likeness (QED) is 0.582. The van der Waals surface area contributed by atoms with Gasteiger partial charge in [0, 0.05) is 11.3 Å². The maximum absolute atomic E-state index is 13.4. The van der Waals surface area contributed by atoms with E-state index in [1.807, 2.05) is 18.2 Å². The summed E-state index contributed by atoms with van der Waals surface area (Å²) in [6.45, 7) is 8.55. The number of rotatable bonds is 1. The zero-order valence-corrected chi connectivity index (χ0v) is 15.3. The summed E-state index contributed by atoms with van der Waals surface area (Å²) in [5.74, 6) is 0.179. The van der Waals surface area contributed by atoms with Gasteiger partial charge in [0.1, 0.15) is 11.2 Å². The molecule has 7 rings (SSSR count). The second-order valence-corrected chi connectivity index (χ2v) is 8.81. The molecule has 2 fully saturated rings. The van der Waals surface area contributed by atoms with Gasteiger partial charge in [-0.05, 0) is 32.9 Å². The lowest BCUT2D eigenvalue weighted by Gasteiger charge is -2.67. The third-order valence-corrected chi connectivity index (χ3v) is 8.25. The highest BCUT2D eigenvalue weighted by Gasteiger charge is 2.94. The molecule has 6 heteroatoms. The Morgan fingerprint density at radius 1 is 1.00 bits per heavy atom. The minimum absolute atomic E-state index is 0.160. The standard InChI is InChI=1S/C20H21N3O3/c1-17-11-10-13(14-18(17,2)20(4)19(14,3)26-20)22-15(24)21(16(25)23(17)22)12-8-6-5-7-9-12/h5-11,13-14H,1-4H3/t13-,14-,17-,18-,19-,20-/m1/s1. The Kier molecular flexibility index (Phi) is 2.10. The number of hydrogen-bond acceptors (Lipinski definition) is 3. The monoisotopic (exact) mass is 351 g/mol. The summed E-state index contributed by atoms with van der Waals surface area (Å²) in [6.07, 6.45) is 4.20. The van der Waals surface area contributed by atoms with Crippen LogP contribution >= 0.6 is 0 Å². The molecule has 4 heterocycles. The van der Waals surface area contributed by atoms with Crippen molar-refractivity contribution in [2.75, 3.05) is 0 Å². The molecule has 134 valence electrons. The molecule has 1 saturated carbocycles. The number of epoxide rings is 1. The zero-order chi connectivity index (χ0) is 18.3. The molecule has 0 radical (unpaired) electrons. The van der Waals surface area contributed by atoms with Gasteiger partial charge in [-0.2, -0.15) is 0 Å². The third kappa shape index (κ3) is 1.08. The van der Waals surface area contributed by atoms with Crippen LogP contribution in [0.1, 0.15) is 33.7 Å². The van der Waals surface area contributed by atoms with Crippen LogP contribution in [-0.2, 0) is 10.3 Å². The SMILES string of the molecule is C[C@]12O[C@]1(C)[C@@H]1[C@H]3C=C[C@@](C)(n4c(=O)n(-c5ccccc5)c(=O)n43)[C@@]12C. The first-order valence-electron chi connectivity index (χ1n) is 9.14. The van der Waals surface area contributed by atoms with Gasteiger partial charge in [-0.1, -0.05) is 37.3 Å². The first-order valence-corrected chi connectivity index (χ1v) is 9.14. The molecule has 2 aromatic rings. The molecule has 6 nitrogen and oxygen atoms in total. The van der Waals surface area contributed by atoms with Gasteiger partial charge < -0.3 is 4.74 Å². The third-order valence-electron chi connectivity index (χ3n) is 8.25. The molecule has 2 bridgehead atoms. The van der Waals surface area contributed by atoms with E-state index in [1.54, 1.807) is 21.5 Å². The van der Waals surface area contributed by atoms with Gasteiger partial charge in [0.15, 0.2) is 0 Å². The fourth-order valence-electron chi connectivity index (χ4n) is 6.64. The number of hydrogen-bond donors (Lipinski definition) is 0. The van der Waals surface area contributed by atoms with Gasteiger partial charge in [-0.15, -0.1) is 0 Å². The Balaban J connectivity index is 1.70. The summed E-state index contributed by atoms with van der Waals surface area (Å²) in [6, 6.07) is 9.00. The van der Waals surface area contributed by atoms with E-state index in [4.69, 9.17) is 4.74 Å². The number of fused-ring (bicyclic) bond motifs is 1. The van der Waals surface area contributed by atoms with Gasteiger partial charge in [-0.3, -0.25) is 0 Å². The van der Waals surface area contributed by atoms with Crippen LogP contribution in [0.15, 0.2) is 52.1 Å². The molecule has 1 aromatic carbocycles. The predicted octanol–water partition coefficient (Wildman–Crippen LogP) is 1.82. The summed E-state index contributed by atoms with van der Waals surface area (Å²) in [4.78, 5) is 26.7. The van der Waals surface area contributed by atoms with Crippen molar-refractivity contribution in [2.45, 2.75) is 50.5 Å². The Morgan fingerprint density at radius 3 is 2.38 bits per heavy atom. The minimum atomic E-state index is -0.604. The van der Waals surface area contributed by atoms with Crippen molar-refractivity contribution in [3.63, 3.8) is 0 Å². The highest BCUT2D eigenvalue weighted by atomic mass is 16.6. The molecule has 6 atom stereocenters. The van der Waals surface area contributed by atoms with Crippen molar-refractivity contribution >= 4 is 0 Å². The fourth-order valence-corrected chi connectivity index (χ4v) is 6.64. The second kappa shape index (κ2) is 3.69. The normalized spacial score (nSPS) is 46.3. The molecular weight excluding hydrogens is 330 g/mol. The first kappa shape index (κ1) is 14.8. The smallest absolute Gasteiger partial charge is 0.352 e. The number of aromatic nitrogens is 3. The molecule has 2 aliphatic carbocycles. The van der Waals surface area contributed by atoms with Crippen molar-refractivity contribution in [1.82, 2.24) is 13.9 Å². The van der Waals surface area contributed by atoms with E-state index in [9.17, 15) is 9.59 Å². The van der Waals surface area contributed by atoms with Crippen molar-refractivity contribution in [1.29, 1.82) is 0 Å². The average molecular weight is 351 g/mol. The van der Waals surface area contributed by atoms with E-state index in [0.717, 1.165) is 0 Å². The van der Waals surface area contributed by atoms with Crippen LogP contribution in [0.5, 0.6) is 0 Å². The molecule has 0 spiro atoms. The maximum Gasteiger partial charge on any atom is 0.352 e. The first-order chi connectivity index (χ1) is 12.2.